The van der Waals surface area contributed by atoms with E-state index in [2.05, 4.69) is 30.2 Å². The highest BCUT2D eigenvalue weighted by atomic mass is 32.1. The summed E-state index contributed by atoms with van der Waals surface area (Å²) in [5.74, 6) is 2.27. The number of fused-ring (bicyclic) bond motifs is 1. The predicted octanol–water partition coefficient (Wildman–Crippen LogP) is 4.26. The first-order chi connectivity index (χ1) is 16.9. The fourth-order valence-electron chi connectivity index (χ4n) is 4.56. The van der Waals surface area contributed by atoms with Crippen LogP contribution < -0.4 is 14.2 Å². The van der Waals surface area contributed by atoms with Crippen LogP contribution >= 0.6 is 11.3 Å². The smallest absolute Gasteiger partial charge is 0.260 e. The number of nitrogens with zero attached hydrogens (tertiary/aromatic N) is 3. The van der Waals surface area contributed by atoms with Crippen LogP contribution in [0.3, 0.4) is 0 Å². The van der Waals surface area contributed by atoms with Gasteiger partial charge in [-0.05, 0) is 44.2 Å². The minimum Gasteiger partial charge on any atom is -0.497 e. The summed E-state index contributed by atoms with van der Waals surface area (Å²) in [7, 11) is 1.67. The highest BCUT2D eigenvalue weighted by molar-refractivity contribution is 7.09. The Labute approximate surface area is 210 Å². The van der Waals surface area contributed by atoms with Crippen molar-refractivity contribution in [3.05, 3.63) is 58.4 Å². The number of rotatable bonds is 7. The Hall–Kier alpha value is -3.10. The molecule has 0 atom stereocenters. The van der Waals surface area contributed by atoms with E-state index in [1.54, 1.807) is 18.4 Å². The molecule has 0 N–H and O–H groups in total. The van der Waals surface area contributed by atoms with Crippen molar-refractivity contribution in [1.82, 2.24) is 14.8 Å². The number of hydrogen-bond acceptors (Lipinski definition) is 7. The Morgan fingerprint density at radius 2 is 1.89 bits per heavy atom. The molecule has 0 saturated carbocycles. The molecule has 1 aromatic heterocycles. The second-order valence-electron chi connectivity index (χ2n) is 9.58. The normalized spacial score (nSPS) is 17.1. The molecule has 2 aliphatic heterocycles. The molecule has 7 nitrogen and oxygen atoms in total. The average molecular weight is 494 g/mol. The van der Waals surface area contributed by atoms with E-state index in [0.717, 1.165) is 59.4 Å². The van der Waals surface area contributed by atoms with Crippen LogP contribution in [0.5, 0.6) is 17.2 Å². The largest absolute Gasteiger partial charge is 0.497 e. The van der Waals surface area contributed by atoms with Gasteiger partial charge in [0, 0.05) is 49.1 Å². The number of benzene rings is 2. The number of carbonyl (C=O) groups is 1. The number of hydrogen-bond donors (Lipinski definition) is 0. The highest BCUT2D eigenvalue weighted by Gasteiger charge is 2.32. The molecule has 0 bridgehead atoms. The molecule has 0 radical (unpaired) electrons. The van der Waals surface area contributed by atoms with Gasteiger partial charge in [0.1, 0.15) is 16.4 Å². The summed E-state index contributed by atoms with van der Waals surface area (Å²) in [5, 5.41) is 3.18. The van der Waals surface area contributed by atoms with Crippen LogP contribution in [0.1, 0.15) is 24.4 Å². The lowest BCUT2D eigenvalue weighted by Gasteiger charge is -2.34. The summed E-state index contributed by atoms with van der Waals surface area (Å²) in [5.41, 5.74) is 2.96. The maximum absolute atomic E-state index is 12.8. The minimum atomic E-state index is -0.241. The van der Waals surface area contributed by atoms with Gasteiger partial charge in [-0.1, -0.05) is 12.1 Å². The number of piperazine rings is 1. The van der Waals surface area contributed by atoms with E-state index in [9.17, 15) is 4.79 Å². The highest BCUT2D eigenvalue weighted by Crippen LogP contribution is 2.41. The van der Waals surface area contributed by atoms with E-state index in [0.29, 0.717) is 18.8 Å². The van der Waals surface area contributed by atoms with Crippen LogP contribution in [0.25, 0.3) is 11.3 Å². The number of para-hydroxylation sites is 1. The predicted molar refractivity (Wildman–Crippen MR) is 136 cm³/mol. The molecule has 1 saturated heterocycles. The Morgan fingerprint density at radius 3 is 2.63 bits per heavy atom. The fraction of sp³-hybridized carbons (Fsp3) is 0.407. The summed E-state index contributed by atoms with van der Waals surface area (Å²) in [6.07, 6.45) is 0.843. The molecule has 3 aromatic rings. The number of carbonyl (C=O) groups excluding carboxylic acids is 1. The van der Waals surface area contributed by atoms with Gasteiger partial charge in [0.15, 0.2) is 18.1 Å². The van der Waals surface area contributed by atoms with Crippen molar-refractivity contribution in [2.24, 2.45) is 0 Å². The lowest BCUT2D eigenvalue weighted by molar-refractivity contribution is -0.135. The lowest BCUT2D eigenvalue weighted by atomic mass is 10.0. The lowest BCUT2D eigenvalue weighted by Crippen LogP contribution is -2.49. The molecule has 0 spiro atoms. The Morgan fingerprint density at radius 1 is 1.11 bits per heavy atom. The van der Waals surface area contributed by atoms with Gasteiger partial charge in [0.2, 0.25) is 0 Å². The van der Waals surface area contributed by atoms with E-state index in [4.69, 9.17) is 19.2 Å². The van der Waals surface area contributed by atoms with Crippen molar-refractivity contribution in [2.45, 2.75) is 32.4 Å². The summed E-state index contributed by atoms with van der Waals surface area (Å²) < 4.78 is 17.2. The monoisotopic (exact) mass is 493 g/mol. The maximum atomic E-state index is 12.8. The number of aromatic nitrogens is 1. The third-order valence-corrected chi connectivity index (χ3v) is 7.26. The van der Waals surface area contributed by atoms with Crippen LogP contribution in [0, 0.1) is 0 Å². The number of ether oxygens (including phenoxy) is 3. The standard InChI is InChI=1S/C27H31N3O4S/c1-27(2)15-20-5-4-6-23(26(20)34-27)33-17-25(31)30-13-11-29(12-14-30)16-24-28-22(18-35-24)19-7-9-21(32-3)10-8-19/h4-10,18H,11-17H2,1-3H3. The number of methoxy groups -OCH3 is 1. The molecule has 3 heterocycles. The van der Waals surface area contributed by atoms with Crippen LogP contribution in [0.4, 0.5) is 0 Å². The second kappa shape index (κ2) is 9.87. The average Bonchev–Trinajstić information content (AvgIpc) is 3.45. The van der Waals surface area contributed by atoms with Crippen molar-refractivity contribution in [3.8, 4) is 28.5 Å². The summed E-state index contributed by atoms with van der Waals surface area (Å²) >= 11 is 1.67. The van der Waals surface area contributed by atoms with Crippen LogP contribution in [-0.4, -0.2) is 66.2 Å². The van der Waals surface area contributed by atoms with E-state index in [1.165, 1.54) is 0 Å². The minimum absolute atomic E-state index is 0.00977. The van der Waals surface area contributed by atoms with E-state index in [-0.39, 0.29) is 18.1 Å². The molecular formula is C27H31N3O4S. The van der Waals surface area contributed by atoms with Crippen LogP contribution in [-0.2, 0) is 17.8 Å². The number of amides is 1. The van der Waals surface area contributed by atoms with Gasteiger partial charge in [0.25, 0.3) is 5.91 Å². The zero-order chi connectivity index (χ0) is 24.4. The molecule has 1 amide bonds. The van der Waals surface area contributed by atoms with E-state index < -0.39 is 0 Å². The first-order valence-electron chi connectivity index (χ1n) is 11.9. The van der Waals surface area contributed by atoms with Gasteiger partial charge in [0.05, 0.1) is 19.3 Å². The molecular weight excluding hydrogens is 462 g/mol. The molecule has 0 unspecified atom stereocenters. The Bertz CT molecular complexity index is 1180. The zero-order valence-electron chi connectivity index (χ0n) is 20.5. The molecule has 35 heavy (non-hydrogen) atoms. The Balaban J connectivity index is 1.10. The third kappa shape index (κ3) is 5.44. The van der Waals surface area contributed by atoms with Gasteiger partial charge >= 0.3 is 0 Å². The molecule has 2 aromatic carbocycles. The molecule has 184 valence electrons. The summed E-state index contributed by atoms with van der Waals surface area (Å²) in [6.45, 7) is 7.97. The van der Waals surface area contributed by atoms with Crippen molar-refractivity contribution in [3.63, 3.8) is 0 Å². The van der Waals surface area contributed by atoms with Crippen LogP contribution in [0.2, 0.25) is 0 Å². The molecule has 8 heteroatoms. The Kier molecular flexibility index (Phi) is 6.67. The van der Waals surface area contributed by atoms with Gasteiger partial charge in [-0.2, -0.15) is 0 Å². The van der Waals surface area contributed by atoms with Crippen molar-refractivity contribution < 1.29 is 19.0 Å². The van der Waals surface area contributed by atoms with Gasteiger partial charge in [-0.15, -0.1) is 11.3 Å². The molecule has 5 rings (SSSR count). The van der Waals surface area contributed by atoms with Gasteiger partial charge < -0.3 is 19.1 Å². The topological polar surface area (TPSA) is 64.1 Å². The molecule has 1 fully saturated rings. The first kappa shape index (κ1) is 23.6. The number of thiazole rings is 1. The van der Waals surface area contributed by atoms with Crippen molar-refractivity contribution >= 4 is 17.2 Å². The quantitative estimate of drug-likeness (QED) is 0.490. The third-order valence-electron chi connectivity index (χ3n) is 6.43. The van der Waals surface area contributed by atoms with Crippen molar-refractivity contribution in [1.29, 1.82) is 0 Å². The fourth-order valence-corrected chi connectivity index (χ4v) is 5.40. The zero-order valence-corrected chi connectivity index (χ0v) is 21.3. The summed E-state index contributed by atoms with van der Waals surface area (Å²) in [4.78, 5) is 21.8. The molecule has 2 aliphatic rings. The van der Waals surface area contributed by atoms with E-state index in [1.807, 2.05) is 41.3 Å². The SMILES string of the molecule is COc1ccc(-c2csc(CN3CCN(C(=O)COc4cccc5c4OC(C)(C)C5)CC3)n2)cc1. The van der Waals surface area contributed by atoms with Crippen LogP contribution in [0.15, 0.2) is 47.8 Å². The first-order valence-corrected chi connectivity index (χ1v) is 12.8. The van der Waals surface area contributed by atoms with Gasteiger partial charge in [-0.25, -0.2) is 4.98 Å². The summed E-state index contributed by atoms with van der Waals surface area (Å²) in [6, 6.07) is 13.9. The van der Waals surface area contributed by atoms with E-state index >= 15 is 0 Å². The second-order valence-corrected chi connectivity index (χ2v) is 10.5. The van der Waals surface area contributed by atoms with Gasteiger partial charge in [-0.3, -0.25) is 9.69 Å². The van der Waals surface area contributed by atoms with Crippen molar-refractivity contribution in [2.75, 3.05) is 39.9 Å². The molecule has 0 aliphatic carbocycles. The maximum Gasteiger partial charge on any atom is 0.260 e.